The number of nitrogens with zero attached hydrogens (tertiary/aromatic N) is 2. The molecule has 1 aromatic rings. The van der Waals surface area contributed by atoms with Crippen LogP contribution in [0.3, 0.4) is 0 Å². The van der Waals surface area contributed by atoms with Crippen LogP contribution in [0.2, 0.25) is 0 Å². The molecular formula is C12H10N2. The minimum Gasteiger partial charge on any atom is -0.198 e. The SMILES string of the molecule is N#CCC=Cc1ccccc1CC#N. The standard InChI is InChI=1S/C12H10N2/c13-9-4-3-7-11-5-1-2-6-12(11)8-10-14/h1-3,5-7H,4,8H2. The number of nitriles is 2. The van der Waals surface area contributed by atoms with Gasteiger partial charge in [0.2, 0.25) is 0 Å². The molecule has 0 spiro atoms. The zero-order valence-electron chi connectivity index (χ0n) is 7.77. The molecule has 0 aliphatic heterocycles. The summed E-state index contributed by atoms with van der Waals surface area (Å²) in [6, 6.07) is 11.9. The third-order valence-corrected chi connectivity index (χ3v) is 1.83. The molecule has 1 rings (SSSR count). The first-order valence-electron chi connectivity index (χ1n) is 4.37. The van der Waals surface area contributed by atoms with Crippen molar-refractivity contribution in [3.63, 3.8) is 0 Å². The van der Waals surface area contributed by atoms with Crippen molar-refractivity contribution in [2.75, 3.05) is 0 Å². The van der Waals surface area contributed by atoms with Gasteiger partial charge in [0, 0.05) is 0 Å². The molecule has 0 amide bonds. The van der Waals surface area contributed by atoms with Gasteiger partial charge in [-0.25, -0.2) is 0 Å². The summed E-state index contributed by atoms with van der Waals surface area (Å²) in [5.41, 5.74) is 2.02. The first-order chi connectivity index (χ1) is 6.88. The van der Waals surface area contributed by atoms with E-state index in [-0.39, 0.29) is 0 Å². The maximum absolute atomic E-state index is 8.59. The molecular weight excluding hydrogens is 172 g/mol. The highest BCUT2D eigenvalue weighted by Gasteiger charge is 1.96. The van der Waals surface area contributed by atoms with Gasteiger partial charge in [0.1, 0.15) is 0 Å². The Morgan fingerprint density at radius 1 is 1.14 bits per heavy atom. The Kier molecular flexibility index (Phi) is 3.98. The molecule has 0 N–H and O–H groups in total. The molecule has 68 valence electrons. The van der Waals surface area contributed by atoms with Crippen molar-refractivity contribution in [3.05, 3.63) is 41.5 Å². The number of hydrogen-bond donors (Lipinski definition) is 0. The average Bonchev–Trinajstić information content (AvgIpc) is 2.21. The zero-order chi connectivity index (χ0) is 10.2. The summed E-state index contributed by atoms with van der Waals surface area (Å²) >= 11 is 0. The van der Waals surface area contributed by atoms with E-state index >= 15 is 0 Å². The lowest BCUT2D eigenvalue weighted by Gasteiger charge is -1.99. The van der Waals surface area contributed by atoms with Gasteiger partial charge in [0.15, 0.2) is 0 Å². The van der Waals surface area contributed by atoms with E-state index in [4.69, 9.17) is 10.5 Å². The lowest BCUT2D eigenvalue weighted by molar-refractivity contribution is 1.25. The van der Waals surface area contributed by atoms with Gasteiger partial charge in [-0.1, -0.05) is 36.4 Å². The molecule has 2 heteroatoms. The van der Waals surface area contributed by atoms with Gasteiger partial charge in [-0.05, 0) is 11.1 Å². The minimum absolute atomic E-state index is 0.404. The minimum atomic E-state index is 0.404. The lowest BCUT2D eigenvalue weighted by Crippen LogP contribution is -1.85. The Hall–Kier alpha value is -2.06. The molecule has 2 nitrogen and oxygen atoms in total. The van der Waals surface area contributed by atoms with Crippen LogP contribution in [0.25, 0.3) is 6.08 Å². The zero-order valence-corrected chi connectivity index (χ0v) is 7.77. The van der Waals surface area contributed by atoms with E-state index in [2.05, 4.69) is 6.07 Å². The predicted molar refractivity (Wildman–Crippen MR) is 55.0 cm³/mol. The topological polar surface area (TPSA) is 47.6 Å². The fourth-order valence-electron chi connectivity index (χ4n) is 1.18. The number of benzene rings is 1. The van der Waals surface area contributed by atoms with Crippen molar-refractivity contribution in [3.8, 4) is 12.1 Å². The van der Waals surface area contributed by atoms with E-state index in [9.17, 15) is 0 Å². The summed E-state index contributed by atoms with van der Waals surface area (Å²) in [7, 11) is 0. The van der Waals surface area contributed by atoms with E-state index in [0.29, 0.717) is 12.8 Å². The average molecular weight is 182 g/mol. The Morgan fingerprint density at radius 3 is 2.64 bits per heavy atom. The molecule has 0 heterocycles. The van der Waals surface area contributed by atoms with Crippen LogP contribution in [0.4, 0.5) is 0 Å². The van der Waals surface area contributed by atoms with Crippen LogP contribution in [0.1, 0.15) is 17.5 Å². The van der Waals surface area contributed by atoms with E-state index in [0.717, 1.165) is 11.1 Å². The van der Waals surface area contributed by atoms with Gasteiger partial charge in [-0.15, -0.1) is 0 Å². The van der Waals surface area contributed by atoms with Crippen LogP contribution in [0, 0.1) is 22.7 Å². The second kappa shape index (κ2) is 5.56. The molecule has 0 bridgehead atoms. The molecule has 0 saturated heterocycles. The highest BCUT2D eigenvalue weighted by Crippen LogP contribution is 2.11. The molecule has 0 aromatic heterocycles. The third-order valence-electron chi connectivity index (χ3n) is 1.83. The van der Waals surface area contributed by atoms with Gasteiger partial charge < -0.3 is 0 Å². The highest BCUT2D eigenvalue weighted by atomic mass is 14.2. The smallest absolute Gasteiger partial charge is 0.0669 e. The van der Waals surface area contributed by atoms with Crippen LogP contribution < -0.4 is 0 Å². The van der Waals surface area contributed by atoms with E-state index < -0.39 is 0 Å². The maximum atomic E-state index is 8.59. The van der Waals surface area contributed by atoms with Gasteiger partial charge in [-0.2, -0.15) is 10.5 Å². The maximum Gasteiger partial charge on any atom is 0.0669 e. The van der Waals surface area contributed by atoms with E-state index in [1.54, 1.807) is 6.08 Å². The van der Waals surface area contributed by atoms with Crippen molar-refractivity contribution in [1.29, 1.82) is 10.5 Å². The van der Waals surface area contributed by atoms with Crippen LogP contribution in [0.15, 0.2) is 30.3 Å². The van der Waals surface area contributed by atoms with E-state index in [1.165, 1.54) is 0 Å². The highest BCUT2D eigenvalue weighted by molar-refractivity contribution is 5.54. The molecule has 0 unspecified atom stereocenters. The van der Waals surface area contributed by atoms with Crippen molar-refractivity contribution in [2.24, 2.45) is 0 Å². The van der Waals surface area contributed by atoms with Crippen molar-refractivity contribution in [1.82, 2.24) is 0 Å². The fourth-order valence-corrected chi connectivity index (χ4v) is 1.18. The summed E-state index contributed by atoms with van der Waals surface area (Å²) in [5.74, 6) is 0. The van der Waals surface area contributed by atoms with Gasteiger partial charge in [0.25, 0.3) is 0 Å². The Labute approximate surface area is 83.7 Å². The molecule has 0 saturated carbocycles. The Balaban J connectivity index is 2.86. The second-order valence-electron chi connectivity index (χ2n) is 2.80. The molecule has 0 aliphatic carbocycles. The largest absolute Gasteiger partial charge is 0.198 e. The van der Waals surface area contributed by atoms with Crippen molar-refractivity contribution in [2.45, 2.75) is 12.8 Å². The molecule has 0 radical (unpaired) electrons. The third kappa shape index (κ3) is 2.77. The second-order valence-corrected chi connectivity index (χ2v) is 2.80. The molecule has 0 fully saturated rings. The summed E-state index contributed by atoms with van der Waals surface area (Å²) < 4.78 is 0. The van der Waals surface area contributed by atoms with Gasteiger partial charge >= 0.3 is 0 Å². The van der Waals surface area contributed by atoms with Crippen LogP contribution in [-0.2, 0) is 6.42 Å². The first-order valence-corrected chi connectivity index (χ1v) is 4.37. The Morgan fingerprint density at radius 2 is 1.93 bits per heavy atom. The van der Waals surface area contributed by atoms with E-state index in [1.807, 2.05) is 36.4 Å². The first kappa shape index (κ1) is 10.0. The fraction of sp³-hybridized carbons (Fsp3) is 0.167. The Bertz CT molecular complexity index is 405. The lowest BCUT2D eigenvalue weighted by atomic mass is 10.0. The normalized spacial score (nSPS) is 9.57. The van der Waals surface area contributed by atoms with Gasteiger partial charge in [-0.3, -0.25) is 0 Å². The van der Waals surface area contributed by atoms with Gasteiger partial charge in [0.05, 0.1) is 25.0 Å². The quantitative estimate of drug-likeness (QED) is 0.721. The summed E-state index contributed by atoms with van der Waals surface area (Å²) in [6.45, 7) is 0. The molecule has 1 aromatic carbocycles. The summed E-state index contributed by atoms with van der Waals surface area (Å²) in [5, 5.41) is 17.0. The van der Waals surface area contributed by atoms with Crippen molar-refractivity contribution >= 4 is 6.08 Å². The number of hydrogen-bond acceptors (Lipinski definition) is 2. The van der Waals surface area contributed by atoms with Crippen molar-refractivity contribution < 1.29 is 0 Å². The number of allylic oxidation sites excluding steroid dienone is 1. The molecule has 14 heavy (non-hydrogen) atoms. The molecule has 0 aliphatic rings. The predicted octanol–water partition coefficient (Wildman–Crippen LogP) is 2.68. The van der Waals surface area contributed by atoms with Crippen LogP contribution >= 0.6 is 0 Å². The summed E-state index contributed by atoms with van der Waals surface area (Å²) in [4.78, 5) is 0. The monoisotopic (exact) mass is 182 g/mol. The number of rotatable bonds is 3. The molecule has 0 atom stereocenters. The van der Waals surface area contributed by atoms with Crippen LogP contribution in [0.5, 0.6) is 0 Å². The summed E-state index contributed by atoms with van der Waals surface area (Å²) in [6.07, 6.45) is 4.50. The van der Waals surface area contributed by atoms with Crippen LogP contribution in [-0.4, -0.2) is 0 Å².